The topological polar surface area (TPSA) is 47.9 Å². The third-order valence-corrected chi connectivity index (χ3v) is 5.04. The van der Waals surface area contributed by atoms with Crippen molar-refractivity contribution in [2.75, 3.05) is 0 Å². The van der Waals surface area contributed by atoms with Crippen molar-refractivity contribution in [1.29, 1.82) is 0 Å². The van der Waals surface area contributed by atoms with Gasteiger partial charge in [0.05, 0.1) is 16.9 Å². The van der Waals surface area contributed by atoms with E-state index in [0.29, 0.717) is 11.5 Å². The number of benzene rings is 1. The van der Waals surface area contributed by atoms with Crippen LogP contribution in [0, 0.1) is 0 Å². The molecule has 0 radical (unpaired) electrons. The molecule has 0 bridgehead atoms. The Hall–Kier alpha value is -0.530. The largest absolute Gasteiger partial charge is 0.453 e. The Morgan fingerprint density at radius 1 is 0.938 bits per heavy atom. The number of halogens is 3. The van der Waals surface area contributed by atoms with Gasteiger partial charge < -0.3 is 4.74 Å². The van der Waals surface area contributed by atoms with E-state index in [4.69, 9.17) is 4.74 Å². The average Bonchev–Trinajstić information content (AvgIpc) is 2.31. The Morgan fingerprint density at radius 3 is 2.31 bits per heavy atom. The zero-order chi connectivity index (χ0) is 11.5. The van der Waals surface area contributed by atoms with E-state index in [-0.39, 0.29) is 0 Å². The first-order valence-corrected chi connectivity index (χ1v) is 6.51. The van der Waals surface area contributed by atoms with Crippen LogP contribution in [0.1, 0.15) is 0 Å². The summed E-state index contributed by atoms with van der Waals surface area (Å²) in [6.45, 7) is 0. The van der Waals surface area contributed by atoms with Crippen LogP contribution >= 0.6 is 47.8 Å². The highest BCUT2D eigenvalue weighted by Gasteiger charge is 2.09. The van der Waals surface area contributed by atoms with Gasteiger partial charge in [0.2, 0.25) is 0 Å². The lowest BCUT2D eigenvalue weighted by molar-refractivity contribution is 0.470. The summed E-state index contributed by atoms with van der Waals surface area (Å²) < 4.78 is 8.23. The lowest BCUT2D eigenvalue weighted by Gasteiger charge is -2.08. The van der Waals surface area contributed by atoms with Gasteiger partial charge >= 0.3 is 0 Å². The van der Waals surface area contributed by atoms with Crippen LogP contribution in [0.2, 0.25) is 0 Å². The van der Waals surface area contributed by atoms with Crippen LogP contribution < -0.4 is 4.74 Å². The van der Waals surface area contributed by atoms with Gasteiger partial charge in [-0.3, -0.25) is 0 Å². The molecule has 0 atom stereocenters. The van der Waals surface area contributed by atoms with Crippen molar-refractivity contribution >= 4 is 47.8 Å². The van der Waals surface area contributed by atoms with Crippen LogP contribution in [-0.2, 0) is 0 Å². The Labute approximate surface area is 117 Å². The average molecular weight is 410 g/mol. The highest BCUT2D eigenvalue weighted by molar-refractivity contribution is 9.14. The third kappa shape index (κ3) is 2.58. The van der Waals surface area contributed by atoms with E-state index in [1.54, 1.807) is 0 Å². The van der Waals surface area contributed by atoms with Gasteiger partial charge in [-0.1, -0.05) is 0 Å². The standard InChI is InChI=1S/C9H4Br3N3O/c10-6-1-2-7(9(12)8(6)11)16-5-3-13-15-14-4-5/h1-4H. The molecular weight excluding hydrogens is 406 g/mol. The lowest BCUT2D eigenvalue weighted by Crippen LogP contribution is -1.90. The second-order valence-electron chi connectivity index (χ2n) is 2.76. The van der Waals surface area contributed by atoms with Crippen molar-refractivity contribution in [3.63, 3.8) is 0 Å². The molecule has 0 aliphatic carbocycles. The number of rotatable bonds is 2. The van der Waals surface area contributed by atoms with E-state index in [9.17, 15) is 0 Å². The maximum Gasteiger partial charge on any atom is 0.167 e. The van der Waals surface area contributed by atoms with Crippen molar-refractivity contribution in [1.82, 2.24) is 15.4 Å². The monoisotopic (exact) mass is 407 g/mol. The molecule has 0 aliphatic heterocycles. The van der Waals surface area contributed by atoms with Crippen LogP contribution in [0.25, 0.3) is 0 Å². The van der Waals surface area contributed by atoms with Crippen LogP contribution in [0.4, 0.5) is 0 Å². The summed E-state index contributed by atoms with van der Waals surface area (Å²) in [5, 5.41) is 10.7. The fraction of sp³-hybridized carbons (Fsp3) is 0. The van der Waals surface area contributed by atoms with Crippen LogP contribution in [0.3, 0.4) is 0 Å². The molecule has 2 rings (SSSR count). The van der Waals surface area contributed by atoms with E-state index in [1.807, 2.05) is 12.1 Å². The molecule has 0 unspecified atom stereocenters. The fourth-order valence-corrected chi connectivity index (χ4v) is 2.35. The molecular formula is C9H4Br3N3O. The summed E-state index contributed by atoms with van der Waals surface area (Å²) in [5.41, 5.74) is 0. The predicted molar refractivity (Wildman–Crippen MR) is 69.4 cm³/mol. The van der Waals surface area contributed by atoms with E-state index in [2.05, 4.69) is 63.2 Å². The van der Waals surface area contributed by atoms with Crippen molar-refractivity contribution in [2.45, 2.75) is 0 Å². The molecule has 4 nitrogen and oxygen atoms in total. The van der Waals surface area contributed by atoms with Crippen LogP contribution in [0.15, 0.2) is 37.9 Å². The van der Waals surface area contributed by atoms with E-state index < -0.39 is 0 Å². The minimum atomic E-state index is 0.532. The van der Waals surface area contributed by atoms with Gasteiger partial charge in [-0.15, -0.1) is 10.2 Å². The first kappa shape index (κ1) is 11.9. The second-order valence-corrected chi connectivity index (χ2v) is 5.20. The maximum absolute atomic E-state index is 5.58. The smallest absolute Gasteiger partial charge is 0.167 e. The zero-order valence-corrected chi connectivity index (χ0v) is 12.5. The Balaban J connectivity index is 2.33. The maximum atomic E-state index is 5.58. The highest BCUT2D eigenvalue weighted by atomic mass is 79.9. The van der Waals surface area contributed by atoms with Crippen molar-refractivity contribution in [3.8, 4) is 11.5 Å². The van der Waals surface area contributed by atoms with E-state index in [0.717, 1.165) is 13.4 Å². The van der Waals surface area contributed by atoms with Gasteiger partial charge in [0.15, 0.2) is 5.75 Å². The summed E-state index contributed by atoms with van der Waals surface area (Å²) >= 11 is 10.3. The fourth-order valence-electron chi connectivity index (χ4n) is 0.995. The number of hydrogen-bond acceptors (Lipinski definition) is 4. The highest BCUT2D eigenvalue weighted by Crippen LogP contribution is 2.39. The Bertz CT molecular complexity index is 507. The second kappa shape index (κ2) is 5.20. The molecule has 16 heavy (non-hydrogen) atoms. The van der Waals surface area contributed by atoms with Crippen LogP contribution in [0.5, 0.6) is 11.5 Å². The Morgan fingerprint density at radius 2 is 1.62 bits per heavy atom. The zero-order valence-electron chi connectivity index (χ0n) is 7.69. The van der Waals surface area contributed by atoms with Crippen molar-refractivity contribution in [3.05, 3.63) is 37.9 Å². The molecule has 0 spiro atoms. The number of aromatic nitrogens is 3. The van der Waals surface area contributed by atoms with Gasteiger partial charge in [0, 0.05) is 8.95 Å². The van der Waals surface area contributed by atoms with E-state index >= 15 is 0 Å². The van der Waals surface area contributed by atoms with Crippen molar-refractivity contribution in [2.24, 2.45) is 0 Å². The molecule has 2 aromatic rings. The third-order valence-electron chi connectivity index (χ3n) is 1.70. The predicted octanol–water partition coefficient (Wildman–Crippen LogP) is 3.95. The lowest BCUT2D eigenvalue weighted by atomic mass is 10.3. The van der Waals surface area contributed by atoms with Crippen molar-refractivity contribution < 1.29 is 4.74 Å². The molecule has 7 heteroatoms. The summed E-state index contributed by atoms with van der Waals surface area (Å²) in [6, 6.07) is 3.71. The van der Waals surface area contributed by atoms with Crippen LogP contribution in [-0.4, -0.2) is 15.4 Å². The van der Waals surface area contributed by atoms with Gasteiger partial charge in [-0.25, -0.2) is 0 Å². The molecule has 82 valence electrons. The summed E-state index contributed by atoms with van der Waals surface area (Å²) in [4.78, 5) is 0. The minimum absolute atomic E-state index is 0.532. The molecule has 0 N–H and O–H groups in total. The molecule has 0 amide bonds. The molecule has 0 saturated carbocycles. The van der Waals surface area contributed by atoms with Gasteiger partial charge in [-0.05, 0) is 65.1 Å². The van der Waals surface area contributed by atoms with Gasteiger partial charge in [-0.2, -0.15) is 0 Å². The normalized spacial score (nSPS) is 10.2. The molecule has 1 heterocycles. The minimum Gasteiger partial charge on any atom is -0.453 e. The summed E-state index contributed by atoms with van der Waals surface area (Å²) in [6.07, 6.45) is 2.99. The first-order chi connectivity index (χ1) is 7.68. The number of hydrogen-bond donors (Lipinski definition) is 0. The van der Waals surface area contributed by atoms with Gasteiger partial charge in [0.1, 0.15) is 5.75 Å². The SMILES string of the molecule is Brc1ccc(Oc2cnnnc2)c(Br)c1Br. The molecule has 0 fully saturated rings. The quantitative estimate of drug-likeness (QED) is 0.705. The molecule has 0 saturated heterocycles. The first-order valence-electron chi connectivity index (χ1n) is 4.13. The summed E-state index contributed by atoms with van der Waals surface area (Å²) in [7, 11) is 0. The molecule has 0 aliphatic rings. The Kier molecular flexibility index (Phi) is 3.88. The molecule has 1 aromatic heterocycles. The number of ether oxygens (including phenoxy) is 1. The molecule has 1 aromatic carbocycles. The van der Waals surface area contributed by atoms with Gasteiger partial charge in [0.25, 0.3) is 0 Å². The summed E-state index contributed by atoms with van der Waals surface area (Å²) in [5.74, 6) is 1.20. The van der Waals surface area contributed by atoms with E-state index in [1.165, 1.54) is 12.4 Å². The number of nitrogens with zero attached hydrogens (tertiary/aromatic N) is 3.